The Kier molecular flexibility index (Phi) is 3.43. The second kappa shape index (κ2) is 4.63. The van der Waals surface area contributed by atoms with Crippen LogP contribution in [0.15, 0.2) is 36.4 Å². The predicted molar refractivity (Wildman–Crippen MR) is 74.2 cm³/mol. The van der Waals surface area contributed by atoms with Gasteiger partial charge >= 0.3 is 0 Å². The topological polar surface area (TPSA) is 26.0 Å². The van der Waals surface area contributed by atoms with Gasteiger partial charge in [-0.25, -0.2) is 0 Å². The van der Waals surface area contributed by atoms with Crippen LogP contribution in [0.1, 0.15) is 21.4 Å². The molecule has 1 unspecified atom stereocenters. The summed E-state index contributed by atoms with van der Waals surface area (Å²) in [7, 11) is 0. The zero-order valence-electron chi connectivity index (χ0n) is 8.41. The summed E-state index contributed by atoms with van der Waals surface area (Å²) in [6, 6.07) is 12.6. The monoisotopic (exact) mass is 329 g/mol. The molecule has 1 aromatic heterocycles. The van der Waals surface area contributed by atoms with Gasteiger partial charge in [-0.2, -0.15) is 0 Å². The summed E-state index contributed by atoms with van der Waals surface area (Å²) in [6.07, 6.45) is 0. The smallest absolute Gasteiger partial charge is 0.0646 e. The van der Waals surface area contributed by atoms with E-state index >= 15 is 0 Å². The lowest BCUT2D eigenvalue weighted by Crippen LogP contribution is -2.10. The lowest BCUT2D eigenvalue weighted by atomic mass is 10.1. The minimum absolute atomic E-state index is 0.0124. The van der Waals surface area contributed by atoms with Gasteiger partial charge in [0.25, 0.3) is 0 Å². The first-order valence-electron chi connectivity index (χ1n) is 4.74. The van der Waals surface area contributed by atoms with E-state index in [-0.39, 0.29) is 6.04 Å². The molecule has 1 nitrogen and oxygen atoms in total. The van der Waals surface area contributed by atoms with Gasteiger partial charge in [0.15, 0.2) is 0 Å². The maximum Gasteiger partial charge on any atom is 0.0646 e. The first-order valence-corrected chi connectivity index (χ1v) is 6.64. The molecule has 0 aliphatic carbocycles. The Hall–Kier alpha value is -0.390. The van der Waals surface area contributed by atoms with Crippen LogP contribution < -0.4 is 5.73 Å². The maximum absolute atomic E-state index is 6.21. The lowest BCUT2D eigenvalue weighted by Gasteiger charge is -2.10. The molecule has 0 spiro atoms. The molecule has 1 heterocycles. The highest BCUT2D eigenvalue weighted by Gasteiger charge is 2.10. The van der Waals surface area contributed by atoms with E-state index in [9.17, 15) is 0 Å². The van der Waals surface area contributed by atoms with Crippen molar-refractivity contribution in [2.45, 2.75) is 13.0 Å². The molecule has 2 rings (SSSR count). The summed E-state index contributed by atoms with van der Waals surface area (Å²) in [6.45, 7) is 2.11. The van der Waals surface area contributed by atoms with Crippen molar-refractivity contribution >= 4 is 33.9 Å². The number of benzene rings is 1. The molecule has 15 heavy (non-hydrogen) atoms. The number of nitrogens with two attached hydrogens (primary N) is 1. The highest BCUT2D eigenvalue weighted by atomic mass is 127. The van der Waals surface area contributed by atoms with Crippen LogP contribution in [0.25, 0.3) is 0 Å². The van der Waals surface area contributed by atoms with Gasteiger partial charge in [0, 0.05) is 13.3 Å². The molecule has 1 atom stereocenters. The summed E-state index contributed by atoms with van der Waals surface area (Å²) in [5.41, 5.74) is 7.39. The molecule has 2 aromatic rings. The molecular formula is C12H12INS. The molecule has 0 saturated carbocycles. The first kappa shape index (κ1) is 11.1. The summed E-state index contributed by atoms with van der Waals surface area (Å²) in [5, 5.41) is 0. The van der Waals surface area contributed by atoms with Gasteiger partial charge in [0.05, 0.1) is 6.04 Å². The molecule has 0 aliphatic rings. The van der Waals surface area contributed by atoms with E-state index in [0.29, 0.717) is 0 Å². The zero-order valence-corrected chi connectivity index (χ0v) is 11.4. The number of hydrogen-bond donors (Lipinski definition) is 1. The Morgan fingerprint density at radius 1 is 1.27 bits per heavy atom. The Balaban J connectivity index is 2.32. The molecule has 0 saturated heterocycles. The Morgan fingerprint density at radius 2 is 2.07 bits per heavy atom. The van der Waals surface area contributed by atoms with E-state index in [1.807, 2.05) is 0 Å². The summed E-state index contributed by atoms with van der Waals surface area (Å²) < 4.78 is 1.23. The summed E-state index contributed by atoms with van der Waals surface area (Å²) >= 11 is 4.08. The van der Waals surface area contributed by atoms with E-state index in [1.54, 1.807) is 11.3 Å². The van der Waals surface area contributed by atoms with Crippen LogP contribution in [-0.4, -0.2) is 0 Å². The third-order valence-corrected chi connectivity index (χ3v) is 4.03. The number of hydrogen-bond acceptors (Lipinski definition) is 2. The van der Waals surface area contributed by atoms with Crippen molar-refractivity contribution in [3.63, 3.8) is 0 Å². The minimum Gasteiger partial charge on any atom is -0.320 e. The molecule has 2 N–H and O–H groups in total. The normalized spacial score (nSPS) is 12.7. The maximum atomic E-state index is 6.21. The van der Waals surface area contributed by atoms with Gasteiger partial charge in [-0.15, -0.1) is 11.3 Å². The molecule has 0 aliphatic heterocycles. The first-order chi connectivity index (χ1) is 7.16. The average molecular weight is 329 g/mol. The number of thiophene rings is 1. The van der Waals surface area contributed by atoms with Crippen molar-refractivity contribution in [1.29, 1.82) is 0 Å². The van der Waals surface area contributed by atoms with Crippen LogP contribution in [0.2, 0.25) is 0 Å². The number of halogens is 1. The van der Waals surface area contributed by atoms with Crippen LogP contribution in [0.5, 0.6) is 0 Å². The lowest BCUT2D eigenvalue weighted by molar-refractivity contribution is 0.892. The standard InChI is InChI=1S/C12H12INS/c1-8-5-6-11(15-8)12(14)9-3-2-4-10(13)7-9/h2-7,12H,14H2,1H3. The van der Waals surface area contributed by atoms with Crippen LogP contribution >= 0.6 is 33.9 Å². The van der Waals surface area contributed by atoms with Gasteiger partial charge in [0.2, 0.25) is 0 Å². The fourth-order valence-corrected chi connectivity index (χ4v) is 2.96. The van der Waals surface area contributed by atoms with Crippen LogP contribution in [0, 0.1) is 10.5 Å². The van der Waals surface area contributed by atoms with Gasteiger partial charge in [-0.1, -0.05) is 12.1 Å². The predicted octanol–water partition coefficient (Wildman–Crippen LogP) is 3.71. The van der Waals surface area contributed by atoms with Crippen LogP contribution in [0.3, 0.4) is 0 Å². The van der Waals surface area contributed by atoms with Gasteiger partial charge < -0.3 is 5.73 Å². The Bertz CT molecular complexity index is 464. The van der Waals surface area contributed by atoms with Crippen molar-refractivity contribution < 1.29 is 0 Å². The van der Waals surface area contributed by atoms with Crippen LogP contribution in [-0.2, 0) is 0 Å². The fraction of sp³-hybridized carbons (Fsp3) is 0.167. The van der Waals surface area contributed by atoms with Crippen molar-refractivity contribution in [3.05, 3.63) is 55.3 Å². The van der Waals surface area contributed by atoms with Gasteiger partial charge in [0.1, 0.15) is 0 Å². The largest absolute Gasteiger partial charge is 0.320 e. The molecular weight excluding hydrogens is 317 g/mol. The molecule has 3 heteroatoms. The van der Waals surface area contributed by atoms with Gasteiger partial charge in [-0.05, 0) is 59.3 Å². The van der Waals surface area contributed by atoms with E-state index in [0.717, 1.165) is 0 Å². The molecule has 0 fully saturated rings. The third-order valence-electron chi connectivity index (χ3n) is 2.28. The molecule has 0 amide bonds. The van der Waals surface area contributed by atoms with Crippen LogP contribution in [0.4, 0.5) is 0 Å². The second-order valence-electron chi connectivity index (χ2n) is 3.48. The van der Waals surface area contributed by atoms with Crippen molar-refractivity contribution in [2.75, 3.05) is 0 Å². The summed E-state index contributed by atoms with van der Waals surface area (Å²) in [5.74, 6) is 0. The molecule has 0 radical (unpaired) electrons. The fourth-order valence-electron chi connectivity index (χ4n) is 1.48. The molecule has 0 bridgehead atoms. The highest BCUT2D eigenvalue weighted by molar-refractivity contribution is 14.1. The number of rotatable bonds is 2. The second-order valence-corrected chi connectivity index (χ2v) is 6.05. The van der Waals surface area contributed by atoms with E-state index < -0.39 is 0 Å². The Labute approximate surface area is 107 Å². The van der Waals surface area contributed by atoms with Gasteiger partial charge in [-0.3, -0.25) is 0 Å². The Morgan fingerprint density at radius 3 is 2.67 bits per heavy atom. The molecule has 78 valence electrons. The van der Waals surface area contributed by atoms with E-state index in [1.165, 1.54) is 18.9 Å². The highest BCUT2D eigenvalue weighted by Crippen LogP contribution is 2.26. The molecule has 1 aromatic carbocycles. The number of aryl methyl sites for hydroxylation is 1. The average Bonchev–Trinajstić information content (AvgIpc) is 2.64. The SMILES string of the molecule is Cc1ccc(C(N)c2cccc(I)c2)s1. The van der Waals surface area contributed by atoms with Crippen molar-refractivity contribution in [3.8, 4) is 0 Å². The zero-order chi connectivity index (χ0) is 10.8. The van der Waals surface area contributed by atoms with E-state index in [4.69, 9.17) is 5.73 Å². The third kappa shape index (κ3) is 2.59. The van der Waals surface area contributed by atoms with E-state index in [2.05, 4.69) is 65.9 Å². The van der Waals surface area contributed by atoms with Crippen molar-refractivity contribution in [2.24, 2.45) is 5.73 Å². The minimum atomic E-state index is 0.0124. The quantitative estimate of drug-likeness (QED) is 0.835. The van der Waals surface area contributed by atoms with Crippen molar-refractivity contribution in [1.82, 2.24) is 0 Å². The summed E-state index contributed by atoms with van der Waals surface area (Å²) in [4.78, 5) is 2.54.